The number of para-hydroxylation sites is 1. The molecule has 0 saturated heterocycles. The molecule has 0 aliphatic rings. The largest absolute Gasteiger partial charge is 0.502 e. The maximum Gasteiger partial charge on any atom is 0.311 e. The summed E-state index contributed by atoms with van der Waals surface area (Å²) in [5.74, 6) is -0.477. The summed E-state index contributed by atoms with van der Waals surface area (Å²) < 4.78 is 6.23. The molecule has 2 aromatic rings. The molecule has 0 aliphatic carbocycles. The Morgan fingerprint density at radius 1 is 1.42 bits per heavy atom. The number of hydrazone groups is 1. The van der Waals surface area contributed by atoms with Gasteiger partial charge in [0.15, 0.2) is 6.61 Å². The van der Waals surface area contributed by atoms with Gasteiger partial charge in [0.2, 0.25) is 5.75 Å². The number of amides is 1. The standard InChI is InChI=1S/C17H16BrN3O5/c1-10-6-11(2)17(13(18)7-10)26-9-15(22)20-19-8-12-4-3-5-14(16(12)23)21(24)25/h3-8,23H,9H2,1-2H3,(H,20,22). The first-order valence-corrected chi connectivity index (χ1v) is 8.26. The number of nitrogens with one attached hydrogen (secondary N) is 1. The molecular weight excluding hydrogens is 406 g/mol. The minimum atomic E-state index is -0.707. The number of nitro benzene ring substituents is 1. The third kappa shape index (κ3) is 4.79. The van der Waals surface area contributed by atoms with Gasteiger partial charge < -0.3 is 9.84 Å². The second-order valence-electron chi connectivity index (χ2n) is 5.45. The Bertz CT molecular complexity index is 860. The fourth-order valence-electron chi connectivity index (χ4n) is 2.23. The van der Waals surface area contributed by atoms with E-state index in [1.165, 1.54) is 18.2 Å². The molecule has 0 aromatic heterocycles. The van der Waals surface area contributed by atoms with Crippen molar-refractivity contribution in [3.8, 4) is 11.5 Å². The Kier molecular flexibility index (Phi) is 6.29. The van der Waals surface area contributed by atoms with Crippen LogP contribution in [-0.2, 0) is 4.79 Å². The van der Waals surface area contributed by atoms with E-state index in [-0.39, 0.29) is 12.2 Å². The number of rotatable bonds is 6. The molecule has 0 heterocycles. The van der Waals surface area contributed by atoms with Crippen LogP contribution in [0.25, 0.3) is 0 Å². The van der Waals surface area contributed by atoms with E-state index in [1.54, 1.807) is 0 Å². The second kappa shape index (κ2) is 8.43. The van der Waals surface area contributed by atoms with Gasteiger partial charge in [-0.2, -0.15) is 5.10 Å². The van der Waals surface area contributed by atoms with E-state index < -0.39 is 22.3 Å². The minimum Gasteiger partial charge on any atom is -0.502 e. The zero-order chi connectivity index (χ0) is 19.3. The monoisotopic (exact) mass is 421 g/mol. The number of aryl methyl sites for hydroxylation is 2. The van der Waals surface area contributed by atoms with E-state index in [0.29, 0.717) is 5.75 Å². The molecule has 0 fully saturated rings. The van der Waals surface area contributed by atoms with Crippen molar-refractivity contribution in [3.05, 3.63) is 61.6 Å². The molecule has 2 aromatic carbocycles. The number of nitro groups is 1. The van der Waals surface area contributed by atoms with Gasteiger partial charge in [0, 0.05) is 11.6 Å². The van der Waals surface area contributed by atoms with E-state index in [4.69, 9.17) is 4.74 Å². The van der Waals surface area contributed by atoms with Crippen molar-refractivity contribution in [1.29, 1.82) is 0 Å². The lowest BCUT2D eigenvalue weighted by Gasteiger charge is -2.11. The quantitative estimate of drug-likeness (QED) is 0.422. The summed E-state index contributed by atoms with van der Waals surface area (Å²) in [7, 11) is 0. The molecule has 136 valence electrons. The van der Waals surface area contributed by atoms with Crippen LogP contribution in [0.1, 0.15) is 16.7 Å². The highest BCUT2D eigenvalue weighted by molar-refractivity contribution is 9.10. The molecular formula is C17H16BrN3O5. The molecule has 0 radical (unpaired) electrons. The SMILES string of the molecule is Cc1cc(C)c(OCC(=O)NN=Cc2cccc([N+](=O)[O-])c2O)c(Br)c1. The smallest absolute Gasteiger partial charge is 0.311 e. The van der Waals surface area contributed by atoms with Gasteiger partial charge in [-0.3, -0.25) is 14.9 Å². The van der Waals surface area contributed by atoms with Crippen molar-refractivity contribution >= 4 is 33.7 Å². The summed E-state index contributed by atoms with van der Waals surface area (Å²) in [6.07, 6.45) is 1.12. The van der Waals surface area contributed by atoms with E-state index in [9.17, 15) is 20.0 Å². The first-order valence-electron chi connectivity index (χ1n) is 7.47. The molecule has 0 aliphatic heterocycles. The molecule has 2 rings (SSSR count). The molecule has 8 nitrogen and oxygen atoms in total. The molecule has 1 amide bonds. The summed E-state index contributed by atoms with van der Waals surface area (Å²) in [5, 5.41) is 24.2. The summed E-state index contributed by atoms with van der Waals surface area (Å²) in [6, 6.07) is 7.81. The normalized spacial score (nSPS) is 10.7. The van der Waals surface area contributed by atoms with Crippen molar-refractivity contribution in [1.82, 2.24) is 5.43 Å². The number of ether oxygens (including phenoxy) is 1. The van der Waals surface area contributed by atoms with Gasteiger partial charge in [0.1, 0.15) is 5.75 Å². The first kappa shape index (κ1) is 19.4. The van der Waals surface area contributed by atoms with E-state index in [2.05, 4.69) is 26.5 Å². The molecule has 0 unspecified atom stereocenters. The van der Waals surface area contributed by atoms with Crippen LogP contribution >= 0.6 is 15.9 Å². The van der Waals surface area contributed by atoms with Crippen molar-refractivity contribution in [3.63, 3.8) is 0 Å². The Balaban J connectivity index is 1.97. The molecule has 0 spiro atoms. The van der Waals surface area contributed by atoms with Crippen LogP contribution in [-0.4, -0.2) is 28.8 Å². The molecule has 0 atom stereocenters. The van der Waals surface area contributed by atoms with Gasteiger partial charge in [-0.25, -0.2) is 5.43 Å². The zero-order valence-corrected chi connectivity index (χ0v) is 15.6. The maximum absolute atomic E-state index is 11.8. The van der Waals surface area contributed by atoms with Gasteiger partial charge in [-0.05, 0) is 53.0 Å². The molecule has 9 heteroatoms. The topological polar surface area (TPSA) is 114 Å². The van der Waals surface area contributed by atoms with E-state index in [1.807, 2.05) is 26.0 Å². The highest BCUT2D eigenvalue weighted by atomic mass is 79.9. The van der Waals surface area contributed by atoms with Gasteiger partial charge in [-0.1, -0.05) is 12.1 Å². The van der Waals surface area contributed by atoms with Gasteiger partial charge in [0.05, 0.1) is 15.6 Å². The number of phenols is 1. The fourth-order valence-corrected chi connectivity index (χ4v) is 3.02. The summed E-state index contributed by atoms with van der Waals surface area (Å²) in [4.78, 5) is 21.9. The summed E-state index contributed by atoms with van der Waals surface area (Å²) in [5.41, 5.74) is 3.85. The van der Waals surface area contributed by atoms with Crippen LogP contribution in [0, 0.1) is 24.0 Å². The van der Waals surface area contributed by atoms with Crippen LogP contribution < -0.4 is 10.2 Å². The van der Waals surface area contributed by atoms with E-state index >= 15 is 0 Å². The van der Waals surface area contributed by atoms with Gasteiger partial charge >= 0.3 is 5.69 Å². The minimum absolute atomic E-state index is 0.109. The lowest BCUT2D eigenvalue weighted by atomic mass is 10.1. The zero-order valence-electron chi connectivity index (χ0n) is 14.0. The lowest BCUT2D eigenvalue weighted by Crippen LogP contribution is -2.24. The third-order valence-electron chi connectivity index (χ3n) is 3.36. The van der Waals surface area contributed by atoms with Gasteiger partial charge in [-0.15, -0.1) is 0 Å². The number of benzene rings is 2. The predicted octanol–water partition coefficient (Wildman–Crippen LogP) is 3.21. The van der Waals surface area contributed by atoms with Crippen LogP contribution in [0.2, 0.25) is 0 Å². The van der Waals surface area contributed by atoms with Crippen molar-refractivity contribution in [2.24, 2.45) is 5.10 Å². The number of nitrogens with zero attached hydrogens (tertiary/aromatic N) is 2. The second-order valence-corrected chi connectivity index (χ2v) is 6.30. The fraction of sp³-hybridized carbons (Fsp3) is 0.176. The Labute approximate surface area is 157 Å². The summed E-state index contributed by atoms with van der Waals surface area (Å²) in [6.45, 7) is 3.56. The van der Waals surface area contributed by atoms with Gasteiger partial charge in [0.25, 0.3) is 5.91 Å². The first-order chi connectivity index (χ1) is 12.3. The molecule has 26 heavy (non-hydrogen) atoms. The highest BCUT2D eigenvalue weighted by Gasteiger charge is 2.15. The predicted molar refractivity (Wildman–Crippen MR) is 99.6 cm³/mol. The third-order valence-corrected chi connectivity index (χ3v) is 3.95. The molecule has 0 saturated carbocycles. The molecule has 2 N–H and O–H groups in total. The van der Waals surface area contributed by atoms with Crippen LogP contribution in [0.5, 0.6) is 11.5 Å². The average molecular weight is 422 g/mol. The summed E-state index contributed by atoms with van der Waals surface area (Å²) >= 11 is 3.39. The number of aromatic hydroxyl groups is 1. The maximum atomic E-state index is 11.8. The van der Waals surface area contributed by atoms with Crippen LogP contribution in [0.4, 0.5) is 5.69 Å². The average Bonchev–Trinajstić information content (AvgIpc) is 2.55. The Morgan fingerprint density at radius 2 is 2.15 bits per heavy atom. The van der Waals surface area contributed by atoms with Crippen molar-refractivity contribution in [2.75, 3.05) is 6.61 Å². The number of hydrogen-bond donors (Lipinski definition) is 2. The number of halogens is 1. The lowest BCUT2D eigenvalue weighted by molar-refractivity contribution is -0.385. The highest BCUT2D eigenvalue weighted by Crippen LogP contribution is 2.30. The number of phenolic OH excluding ortho intramolecular Hbond substituents is 1. The van der Waals surface area contributed by atoms with Crippen LogP contribution in [0.15, 0.2) is 39.9 Å². The Morgan fingerprint density at radius 3 is 2.81 bits per heavy atom. The van der Waals surface area contributed by atoms with E-state index in [0.717, 1.165) is 21.8 Å². The number of hydrogen-bond acceptors (Lipinski definition) is 6. The number of carbonyl (C=O) groups is 1. The molecule has 0 bridgehead atoms. The van der Waals surface area contributed by atoms with Crippen molar-refractivity contribution < 1.29 is 19.6 Å². The Hall–Kier alpha value is -2.94. The number of carbonyl (C=O) groups excluding carboxylic acids is 1. The van der Waals surface area contributed by atoms with Crippen LogP contribution in [0.3, 0.4) is 0 Å². The van der Waals surface area contributed by atoms with Crippen molar-refractivity contribution in [2.45, 2.75) is 13.8 Å².